The Hall–Kier alpha value is -2.08. The van der Waals surface area contributed by atoms with Crippen LogP contribution in [0, 0.1) is 0 Å². The van der Waals surface area contributed by atoms with Crippen molar-refractivity contribution in [3.05, 3.63) is 59.3 Å². The monoisotopic (exact) mass is 295 g/mol. The van der Waals surface area contributed by atoms with Crippen LogP contribution >= 0.6 is 0 Å². The standard InChI is InChI=1S/C15H16F3N3/c1-21(10-11-5-3-2-4-6-11)14-12(9-19)7-8-13(20-14)15(16,17)18/h2-8H,9-10,19H2,1H3. The quantitative estimate of drug-likeness (QED) is 0.942. The van der Waals surface area contributed by atoms with Gasteiger partial charge in [-0.05, 0) is 11.6 Å². The van der Waals surface area contributed by atoms with Crippen LogP contribution < -0.4 is 10.6 Å². The van der Waals surface area contributed by atoms with E-state index in [1.54, 1.807) is 11.9 Å². The van der Waals surface area contributed by atoms with Crippen molar-refractivity contribution in [2.75, 3.05) is 11.9 Å². The second-order valence-electron chi connectivity index (χ2n) is 4.72. The van der Waals surface area contributed by atoms with Crippen molar-refractivity contribution in [2.24, 2.45) is 5.73 Å². The summed E-state index contributed by atoms with van der Waals surface area (Å²) in [7, 11) is 1.70. The largest absolute Gasteiger partial charge is 0.433 e. The maximum atomic E-state index is 12.8. The summed E-state index contributed by atoms with van der Waals surface area (Å²) in [4.78, 5) is 5.41. The van der Waals surface area contributed by atoms with Gasteiger partial charge >= 0.3 is 6.18 Å². The van der Waals surface area contributed by atoms with Gasteiger partial charge in [0, 0.05) is 25.7 Å². The molecule has 1 aromatic carbocycles. The zero-order valence-corrected chi connectivity index (χ0v) is 11.6. The first-order valence-corrected chi connectivity index (χ1v) is 6.44. The molecule has 6 heteroatoms. The number of anilines is 1. The number of benzene rings is 1. The van der Waals surface area contributed by atoms with Gasteiger partial charge in [0.25, 0.3) is 0 Å². The molecule has 0 bridgehead atoms. The fourth-order valence-electron chi connectivity index (χ4n) is 2.06. The minimum absolute atomic E-state index is 0.138. The van der Waals surface area contributed by atoms with Gasteiger partial charge < -0.3 is 10.6 Å². The van der Waals surface area contributed by atoms with Crippen molar-refractivity contribution in [3.63, 3.8) is 0 Å². The van der Waals surface area contributed by atoms with E-state index in [0.29, 0.717) is 12.1 Å². The summed E-state index contributed by atoms with van der Waals surface area (Å²) in [5.41, 5.74) is 6.26. The van der Waals surface area contributed by atoms with Crippen LogP contribution in [0.2, 0.25) is 0 Å². The lowest BCUT2D eigenvalue weighted by Gasteiger charge is -2.22. The van der Waals surface area contributed by atoms with E-state index in [4.69, 9.17) is 5.73 Å². The molecule has 0 fully saturated rings. The van der Waals surface area contributed by atoms with Crippen molar-refractivity contribution in [3.8, 4) is 0 Å². The first kappa shape index (κ1) is 15.3. The smallest absolute Gasteiger partial charge is 0.355 e. The molecule has 0 aliphatic heterocycles. The zero-order valence-electron chi connectivity index (χ0n) is 11.6. The lowest BCUT2D eigenvalue weighted by Crippen LogP contribution is -2.22. The molecule has 0 saturated heterocycles. The molecule has 2 rings (SSSR count). The second-order valence-corrected chi connectivity index (χ2v) is 4.72. The maximum absolute atomic E-state index is 12.8. The molecule has 3 nitrogen and oxygen atoms in total. The molecule has 0 radical (unpaired) electrons. The number of halogens is 3. The number of hydrogen-bond donors (Lipinski definition) is 1. The predicted octanol–water partition coefficient (Wildman–Crippen LogP) is 3.20. The Morgan fingerprint density at radius 3 is 2.33 bits per heavy atom. The highest BCUT2D eigenvalue weighted by Crippen LogP contribution is 2.30. The van der Waals surface area contributed by atoms with Crippen molar-refractivity contribution >= 4 is 5.82 Å². The Bertz CT molecular complexity index is 597. The van der Waals surface area contributed by atoms with Gasteiger partial charge in [-0.3, -0.25) is 0 Å². The van der Waals surface area contributed by atoms with Crippen LogP contribution in [0.1, 0.15) is 16.8 Å². The van der Waals surface area contributed by atoms with Crippen LogP contribution in [0.25, 0.3) is 0 Å². The number of nitrogens with two attached hydrogens (primary N) is 1. The Balaban J connectivity index is 2.32. The van der Waals surface area contributed by atoms with Gasteiger partial charge in [-0.1, -0.05) is 36.4 Å². The summed E-state index contributed by atoms with van der Waals surface area (Å²) < 4.78 is 38.3. The minimum atomic E-state index is -4.46. The lowest BCUT2D eigenvalue weighted by atomic mass is 10.2. The van der Waals surface area contributed by atoms with Gasteiger partial charge in [-0.25, -0.2) is 4.98 Å². The third kappa shape index (κ3) is 3.72. The van der Waals surface area contributed by atoms with E-state index in [0.717, 1.165) is 11.6 Å². The van der Waals surface area contributed by atoms with Crippen LogP contribution in [0.5, 0.6) is 0 Å². The van der Waals surface area contributed by atoms with Crippen molar-refractivity contribution < 1.29 is 13.2 Å². The molecule has 0 aliphatic carbocycles. The number of hydrogen-bond acceptors (Lipinski definition) is 3. The molecule has 0 saturated carbocycles. The summed E-state index contributed by atoms with van der Waals surface area (Å²) in [5.74, 6) is 0.260. The van der Waals surface area contributed by atoms with Gasteiger partial charge in [-0.15, -0.1) is 0 Å². The maximum Gasteiger partial charge on any atom is 0.433 e. The van der Waals surface area contributed by atoms with E-state index >= 15 is 0 Å². The Morgan fingerprint density at radius 2 is 1.76 bits per heavy atom. The van der Waals surface area contributed by atoms with E-state index in [9.17, 15) is 13.2 Å². The Kier molecular flexibility index (Phi) is 4.47. The number of pyridine rings is 1. The fraction of sp³-hybridized carbons (Fsp3) is 0.267. The van der Waals surface area contributed by atoms with Crippen LogP contribution in [0.4, 0.5) is 19.0 Å². The highest BCUT2D eigenvalue weighted by Gasteiger charge is 2.33. The molecule has 0 amide bonds. The van der Waals surface area contributed by atoms with E-state index in [-0.39, 0.29) is 12.4 Å². The van der Waals surface area contributed by atoms with Crippen molar-refractivity contribution in [1.29, 1.82) is 0 Å². The number of nitrogens with zero attached hydrogens (tertiary/aromatic N) is 2. The average molecular weight is 295 g/mol. The third-order valence-electron chi connectivity index (χ3n) is 3.09. The fourth-order valence-corrected chi connectivity index (χ4v) is 2.06. The van der Waals surface area contributed by atoms with E-state index in [1.165, 1.54) is 6.07 Å². The molecule has 0 unspecified atom stereocenters. The predicted molar refractivity (Wildman–Crippen MR) is 75.7 cm³/mol. The van der Waals surface area contributed by atoms with Gasteiger partial charge in [0.1, 0.15) is 11.5 Å². The van der Waals surface area contributed by atoms with E-state index in [2.05, 4.69) is 4.98 Å². The number of alkyl halides is 3. The van der Waals surface area contributed by atoms with Crippen LogP contribution in [0.15, 0.2) is 42.5 Å². The first-order valence-electron chi connectivity index (χ1n) is 6.44. The van der Waals surface area contributed by atoms with Crippen LogP contribution in [-0.2, 0) is 19.3 Å². The van der Waals surface area contributed by atoms with E-state index < -0.39 is 11.9 Å². The summed E-state index contributed by atoms with van der Waals surface area (Å²) in [6.07, 6.45) is -4.46. The molecule has 0 spiro atoms. The third-order valence-corrected chi connectivity index (χ3v) is 3.09. The SMILES string of the molecule is CN(Cc1ccccc1)c1nc(C(F)(F)F)ccc1CN. The molecular weight excluding hydrogens is 279 g/mol. The average Bonchev–Trinajstić information content (AvgIpc) is 2.46. The highest BCUT2D eigenvalue weighted by atomic mass is 19.4. The van der Waals surface area contributed by atoms with Crippen molar-refractivity contribution in [1.82, 2.24) is 4.98 Å². The summed E-state index contributed by atoms with van der Waals surface area (Å²) in [6, 6.07) is 11.8. The Morgan fingerprint density at radius 1 is 1.10 bits per heavy atom. The number of rotatable bonds is 4. The molecule has 0 aliphatic rings. The van der Waals surface area contributed by atoms with Gasteiger partial charge in [0.15, 0.2) is 0 Å². The highest BCUT2D eigenvalue weighted by molar-refractivity contribution is 5.48. The topological polar surface area (TPSA) is 42.2 Å². The summed E-state index contributed by atoms with van der Waals surface area (Å²) in [6.45, 7) is 0.599. The Labute approximate surface area is 121 Å². The molecule has 2 aromatic rings. The van der Waals surface area contributed by atoms with Crippen molar-refractivity contribution in [2.45, 2.75) is 19.3 Å². The minimum Gasteiger partial charge on any atom is -0.355 e. The molecule has 21 heavy (non-hydrogen) atoms. The molecule has 2 N–H and O–H groups in total. The molecular formula is C15H16F3N3. The molecule has 112 valence electrons. The first-order chi connectivity index (χ1) is 9.91. The lowest BCUT2D eigenvalue weighted by molar-refractivity contribution is -0.141. The molecule has 1 heterocycles. The second kappa shape index (κ2) is 6.13. The summed E-state index contributed by atoms with van der Waals surface area (Å²) in [5, 5.41) is 0. The van der Waals surface area contributed by atoms with Crippen LogP contribution in [0.3, 0.4) is 0 Å². The van der Waals surface area contributed by atoms with Gasteiger partial charge in [0.05, 0.1) is 0 Å². The van der Waals surface area contributed by atoms with Crippen LogP contribution in [-0.4, -0.2) is 12.0 Å². The van der Waals surface area contributed by atoms with E-state index in [1.807, 2.05) is 30.3 Å². The summed E-state index contributed by atoms with van der Waals surface area (Å²) >= 11 is 0. The molecule has 1 aromatic heterocycles. The number of aromatic nitrogens is 1. The zero-order chi connectivity index (χ0) is 15.5. The van der Waals surface area contributed by atoms with Gasteiger partial charge in [-0.2, -0.15) is 13.2 Å². The normalized spacial score (nSPS) is 11.5. The molecule has 0 atom stereocenters. The van der Waals surface area contributed by atoms with Gasteiger partial charge in [0.2, 0.25) is 0 Å².